The molecule has 1 aliphatic rings. The van der Waals surface area contributed by atoms with Gasteiger partial charge in [-0.05, 0) is 41.8 Å². The van der Waals surface area contributed by atoms with Gasteiger partial charge in [0, 0.05) is 31.0 Å². The molecule has 3 rings (SSSR count). The molecule has 2 aromatic carbocycles. The van der Waals surface area contributed by atoms with Gasteiger partial charge in [0.1, 0.15) is 5.75 Å². The van der Waals surface area contributed by atoms with Crippen molar-refractivity contribution in [1.82, 2.24) is 4.31 Å². The van der Waals surface area contributed by atoms with Crippen molar-refractivity contribution < 1.29 is 17.9 Å². The van der Waals surface area contributed by atoms with Gasteiger partial charge < -0.3 is 4.74 Å². The third-order valence-corrected chi connectivity index (χ3v) is 10.1. The van der Waals surface area contributed by atoms with Crippen LogP contribution >= 0.6 is 23.5 Å². The van der Waals surface area contributed by atoms with E-state index < -0.39 is 10.0 Å². The first-order valence-corrected chi connectivity index (χ1v) is 13.6. The molecule has 0 bridgehead atoms. The largest absolute Gasteiger partial charge is 0.427 e. The maximum atomic E-state index is 12.5. The number of rotatable bonds is 9. The summed E-state index contributed by atoms with van der Waals surface area (Å²) in [6, 6.07) is 14.5. The maximum Gasteiger partial charge on any atom is 0.311 e. The summed E-state index contributed by atoms with van der Waals surface area (Å²) in [4.78, 5) is 12.5. The van der Waals surface area contributed by atoms with Gasteiger partial charge in [-0.1, -0.05) is 38.1 Å². The van der Waals surface area contributed by atoms with E-state index in [0.29, 0.717) is 29.8 Å². The minimum Gasteiger partial charge on any atom is -0.427 e. The molecule has 0 unspecified atom stereocenters. The second kappa shape index (κ2) is 10.7. The normalized spacial score (nSPS) is 14.9. The molecule has 0 amide bonds. The van der Waals surface area contributed by atoms with Gasteiger partial charge in [-0.25, -0.2) is 8.42 Å². The van der Waals surface area contributed by atoms with E-state index in [4.69, 9.17) is 4.74 Å². The number of hydrogen-bond donors (Lipinski definition) is 0. The summed E-state index contributed by atoms with van der Waals surface area (Å²) in [6.45, 7) is 4.51. The molecule has 0 atom stereocenters. The van der Waals surface area contributed by atoms with E-state index in [0.717, 1.165) is 5.56 Å². The highest BCUT2D eigenvalue weighted by Crippen LogP contribution is 2.45. The first kappa shape index (κ1) is 23.2. The van der Waals surface area contributed by atoms with Gasteiger partial charge in [0.05, 0.1) is 9.48 Å². The smallest absolute Gasteiger partial charge is 0.311 e. The van der Waals surface area contributed by atoms with Crippen LogP contribution in [0.5, 0.6) is 5.75 Å². The fourth-order valence-corrected chi connectivity index (χ4v) is 7.53. The molecule has 162 valence electrons. The Kier molecular flexibility index (Phi) is 8.27. The number of carbonyl (C=O) groups excluding carboxylic acids is 1. The van der Waals surface area contributed by atoms with Crippen molar-refractivity contribution in [2.45, 2.75) is 36.2 Å². The summed E-state index contributed by atoms with van der Waals surface area (Å²) in [5, 5.41) is 0. The first-order valence-electron chi connectivity index (χ1n) is 10.1. The lowest BCUT2D eigenvalue weighted by Gasteiger charge is -2.18. The Bertz CT molecular complexity index is 933. The second-order valence-corrected chi connectivity index (χ2v) is 11.5. The van der Waals surface area contributed by atoms with E-state index >= 15 is 0 Å². The van der Waals surface area contributed by atoms with Crippen molar-refractivity contribution in [1.29, 1.82) is 0 Å². The van der Waals surface area contributed by atoms with Crippen LogP contribution in [0.2, 0.25) is 0 Å². The lowest BCUT2D eigenvalue weighted by molar-refractivity contribution is -0.134. The number of ether oxygens (including phenoxy) is 1. The number of hydrogen-bond acceptors (Lipinski definition) is 6. The standard InChI is InChI=1S/C22H27NO4S3/c1-3-23(4-2)30(25,26)20-12-5-17(6-13-20)7-14-21(24)27-19-10-8-18(9-11-19)22-28-15-16-29-22/h5-6,8-13,22H,3-4,7,14-16H2,1-2H3. The topological polar surface area (TPSA) is 63.7 Å². The van der Waals surface area contributed by atoms with Gasteiger partial charge in [0.2, 0.25) is 10.0 Å². The summed E-state index contributed by atoms with van der Waals surface area (Å²) in [5.74, 6) is 2.60. The molecule has 30 heavy (non-hydrogen) atoms. The van der Waals surface area contributed by atoms with E-state index in [1.165, 1.54) is 21.4 Å². The number of carbonyl (C=O) groups is 1. The summed E-state index contributed by atoms with van der Waals surface area (Å²) in [6.07, 6.45) is 0.732. The van der Waals surface area contributed by atoms with Crippen LogP contribution in [-0.4, -0.2) is 43.3 Å². The number of esters is 1. The molecule has 1 heterocycles. The van der Waals surface area contributed by atoms with Crippen molar-refractivity contribution in [2.24, 2.45) is 0 Å². The number of nitrogens with zero attached hydrogens (tertiary/aromatic N) is 1. The highest BCUT2D eigenvalue weighted by molar-refractivity contribution is 8.19. The van der Waals surface area contributed by atoms with E-state index in [2.05, 4.69) is 0 Å². The molecule has 5 nitrogen and oxygen atoms in total. The zero-order valence-corrected chi connectivity index (χ0v) is 19.7. The summed E-state index contributed by atoms with van der Waals surface area (Å²) < 4.78 is 32.4. The van der Waals surface area contributed by atoms with Crippen LogP contribution in [0, 0.1) is 0 Å². The molecule has 1 saturated heterocycles. The average Bonchev–Trinajstić information content (AvgIpc) is 3.29. The summed E-state index contributed by atoms with van der Waals surface area (Å²) in [5.41, 5.74) is 2.15. The predicted octanol–water partition coefficient (Wildman–Crippen LogP) is 4.73. The molecule has 0 saturated carbocycles. The zero-order valence-electron chi connectivity index (χ0n) is 17.2. The Balaban J connectivity index is 1.52. The quantitative estimate of drug-likeness (QED) is 0.394. The lowest BCUT2D eigenvalue weighted by Crippen LogP contribution is -2.30. The Morgan fingerprint density at radius 2 is 1.60 bits per heavy atom. The summed E-state index contributed by atoms with van der Waals surface area (Å²) >= 11 is 3.88. The van der Waals surface area contributed by atoms with Gasteiger partial charge in [-0.3, -0.25) is 4.79 Å². The van der Waals surface area contributed by atoms with Crippen molar-refractivity contribution in [3.8, 4) is 5.75 Å². The van der Waals surface area contributed by atoms with Crippen molar-refractivity contribution in [2.75, 3.05) is 24.6 Å². The predicted molar refractivity (Wildman–Crippen MR) is 125 cm³/mol. The third-order valence-electron chi connectivity index (χ3n) is 4.89. The minimum absolute atomic E-state index is 0.234. The summed E-state index contributed by atoms with van der Waals surface area (Å²) in [7, 11) is -3.46. The van der Waals surface area contributed by atoms with Gasteiger partial charge >= 0.3 is 5.97 Å². The molecule has 0 N–H and O–H groups in total. The molecular formula is C22H27NO4S3. The molecule has 1 aliphatic heterocycles. The number of aryl methyl sites for hydroxylation is 1. The highest BCUT2D eigenvalue weighted by Gasteiger charge is 2.21. The number of thioether (sulfide) groups is 2. The van der Waals surface area contributed by atoms with Gasteiger partial charge in [0.15, 0.2) is 0 Å². The van der Waals surface area contributed by atoms with Crippen LogP contribution in [0.4, 0.5) is 0 Å². The molecule has 8 heteroatoms. The Morgan fingerprint density at radius 1 is 1.00 bits per heavy atom. The van der Waals surface area contributed by atoms with E-state index in [9.17, 15) is 13.2 Å². The average molecular weight is 466 g/mol. The number of benzene rings is 2. The van der Waals surface area contributed by atoms with Crippen LogP contribution in [0.25, 0.3) is 0 Å². The SMILES string of the molecule is CCN(CC)S(=O)(=O)c1ccc(CCC(=O)Oc2ccc(C3SCCS3)cc2)cc1. The van der Waals surface area contributed by atoms with Crippen molar-refractivity contribution >= 4 is 39.5 Å². The van der Waals surface area contributed by atoms with Gasteiger partial charge in [-0.2, -0.15) is 4.31 Å². The molecule has 0 radical (unpaired) electrons. The van der Waals surface area contributed by atoms with E-state index in [1.54, 1.807) is 24.3 Å². The van der Waals surface area contributed by atoms with Crippen molar-refractivity contribution in [3.05, 3.63) is 59.7 Å². The highest BCUT2D eigenvalue weighted by atomic mass is 32.2. The zero-order chi connectivity index (χ0) is 21.6. The van der Waals surface area contributed by atoms with Crippen LogP contribution in [0.15, 0.2) is 53.4 Å². The lowest BCUT2D eigenvalue weighted by atomic mass is 10.1. The fourth-order valence-electron chi connectivity index (χ4n) is 3.21. The van der Waals surface area contributed by atoms with E-state index in [1.807, 2.05) is 61.6 Å². The first-order chi connectivity index (χ1) is 14.4. The fraction of sp³-hybridized carbons (Fsp3) is 0.409. The number of sulfonamides is 1. The Hall–Kier alpha value is -1.48. The molecule has 0 spiro atoms. The Morgan fingerprint density at radius 3 is 2.17 bits per heavy atom. The molecule has 2 aromatic rings. The monoisotopic (exact) mass is 465 g/mol. The molecule has 0 aromatic heterocycles. The van der Waals surface area contributed by atoms with Gasteiger partial charge in [0.25, 0.3) is 0 Å². The van der Waals surface area contributed by atoms with Crippen LogP contribution in [-0.2, 0) is 21.2 Å². The van der Waals surface area contributed by atoms with Crippen LogP contribution in [0.3, 0.4) is 0 Å². The van der Waals surface area contributed by atoms with Gasteiger partial charge in [-0.15, -0.1) is 23.5 Å². The molecular weight excluding hydrogens is 438 g/mol. The minimum atomic E-state index is -3.46. The van der Waals surface area contributed by atoms with Crippen molar-refractivity contribution in [3.63, 3.8) is 0 Å². The Labute approximate surface area is 187 Å². The van der Waals surface area contributed by atoms with Crippen LogP contribution in [0.1, 0.15) is 36.0 Å². The molecule has 1 fully saturated rings. The van der Waals surface area contributed by atoms with Crippen LogP contribution < -0.4 is 4.74 Å². The maximum absolute atomic E-state index is 12.5. The molecule has 0 aliphatic carbocycles. The second-order valence-electron chi connectivity index (χ2n) is 6.85. The third kappa shape index (κ3) is 5.81. The van der Waals surface area contributed by atoms with E-state index in [-0.39, 0.29) is 17.3 Å².